The van der Waals surface area contributed by atoms with Gasteiger partial charge in [-0.15, -0.1) is 0 Å². The normalized spacial score (nSPS) is 10.7. The second kappa shape index (κ2) is 6.98. The fraction of sp³-hybridized carbons (Fsp3) is 0.167. The predicted molar refractivity (Wildman–Crippen MR) is 91.3 cm³/mol. The number of fused-ring (bicyclic) bond motifs is 1. The van der Waals surface area contributed by atoms with Gasteiger partial charge in [-0.25, -0.2) is 0 Å². The third kappa shape index (κ3) is 3.52. The number of rotatable bonds is 5. The number of amides is 1. The second-order valence-electron chi connectivity index (χ2n) is 5.33. The van der Waals surface area contributed by atoms with Crippen LogP contribution in [0.5, 0.6) is 0 Å². The van der Waals surface area contributed by atoms with Crippen LogP contribution in [0.1, 0.15) is 22.3 Å². The molecule has 0 spiro atoms. The highest BCUT2D eigenvalue weighted by atomic mass is 16.1. The lowest BCUT2D eigenvalue weighted by molar-refractivity contribution is 0.102. The van der Waals surface area contributed by atoms with Crippen molar-refractivity contribution in [2.75, 3.05) is 11.9 Å². The SMILES string of the molecule is NCCCc1ccc(NC(=O)c2cncc3cnccc23)cc1. The molecule has 0 aliphatic carbocycles. The molecular formula is C18H18N4O. The number of hydrogen-bond acceptors (Lipinski definition) is 4. The van der Waals surface area contributed by atoms with Crippen molar-refractivity contribution in [3.63, 3.8) is 0 Å². The fourth-order valence-electron chi connectivity index (χ4n) is 2.46. The monoisotopic (exact) mass is 306 g/mol. The quantitative estimate of drug-likeness (QED) is 0.759. The van der Waals surface area contributed by atoms with E-state index in [0.29, 0.717) is 12.1 Å². The molecule has 3 aromatic rings. The first-order valence-electron chi connectivity index (χ1n) is 7.56. The van der Waals surface area contributed by atoms with Crippen molar-refractivity contribution in [2.24, 2.45) is 5.73 Å². The van der Waals surface area contributed by atoms with Crippen LogP contribution in [0.25, 0.3) is 10.8 Å². The number of carbonyl (C=O) groups is 1. The molecule has 2 aromatic heterocycles. The van der Waals surface area contributed by atoms with E-state index < -0.39 is 0 Å². The van der Waals surface area contributed by atoms with E-state index in [1.165, 1.54) is 5.56 Å². The molecule has 1 aromatic carbocycles. The molecule has 0 aliphatic rings. The number of carbonyl (C=O) groups excluding carboxylic acids is 1. The van der Waals surface area contributed by atoms with Crippen molar-refractivity contribution in [3.05, 3.63) is 66.2 Å². The molecule has 0 radical (unpaired) electrons. The van der Waals surface area contributed by atoms with Gasteiger partial charge in [-0.1, -0.05) is 12.1 Å². The van der Waals surface area contributed by atoms with Crippen molar-refractivity contribution in [1.82, 2.24) is 9.97 Å². The summed E-state index contributed by atoms with van der Waals surface area (Å²) in [6.07, 6.45) is 8.56. The van der Waals surface area contributed by atoms with E-state index in [4.69, 9.17) is 5.73 Å². The molecular weight excluding hydrogens is 288 g/mol. The highest BCUT2D eigenvalue weighted by Gasteiger charge is 2.10. The van der Waals surface area contributed by atoms with Crippen LogP contribution in [-0.4, -0.2) is 22.4 Å². The molecule has 3 N–H and O–H groups in total. The number of pyridine rings is 2. The minimum atomic E-state index is -0.177. The van der Waals surface area contributed by atoms with Crippen molar-refractivity contribution in [1.29, 1.82) is 0 Å². The van der Waals surface area contributed by atoms with Gasteiger partial charge in [-0.2, -0.15) is 0 Å². The van der Waals surface area contributed by atoms with Gasteiger partial charge in [0.15, 0.2) is 0 Å². The van der Waals surface area contributed by atoms with Gasteiger partial charge >= 0.3 is 0 Å². The summed E-state index contributed by atoms with van der Waals surface area (Å²) in [5.74, 6) is -0.177. The number of nitrogens with two attached hydrogens (primary N) is 1. The molecule has 0 saturated heterocycles. The maximum absolute atomic E-state index is 12.5. The van der Waals surface area contributed by atoms with Crippen molar-refractivity contribution in [3.8, 4) is 0 Å². The first-order valence-corrected chi connectivity index (χ1v) is 7.56. The first-order chi connectivity index (χ1) is 11.3. The summed E-state index contributed by atoms with van der Waals surface area (Å²) in [5, 5.41) is 4.59. The van der Waals surface area contributed by atoms with Gasteiger partial charge in [0.1, 0.15) is 0 Å². The summed E-state index contributed by atoms with van der Waals surface area (Å²) in [5.41, 5.74) is 8.03. The molecule has 0 aliphatic heterocycles. The number of anilines is 1. The van der Waals surface area contributed by atoms with Crippen LogP contribution in [0.4, 0.5) is 5.69 Å². The molecule has 0 saturated carbocycles. The van der Waals surface area contributed by atoms with Crippen molar-refractivity contribution >= 4 is 22.4 Å². The lowest BCUT2D eigenvalue weighted by atomic mass is 10.1. The van der Waals surface area contributed by atoms with Gasteiger partial charge in [0, 0.05) is 41.2 Å². The van der Waals surface area contributed by atoms with Crippen molar-refractivity contribution in [2.45, 2.75) is 12.8 Å². The minimum Gasteiger partial charge on any atom is -0.330 e. The molecule has 5 nitrogen and oxygen atoms in total. The Labute approximate surface area is 134 Å². The van der Waals surface area contributed by atoms with Crippen LogP contribution in [0, 0.1) is 0 Å². The van der Waals surface area contributed by atoms with E-state index in [2.05, 4.69) is 15.3 Å². The molecule has 0 atom stereocenters. The van der Waals surface area contributed by atoms with E-state index in [1.54, 1.807) is 24.8 Å². The van der Waals surface area contributed by atoms with Crippen LogP contribution in [0.2, 0.25) is 0 Å². The standard InChI is InChI=1S/C18H18N4O/c19-8-1-2-13-3-5-15(6-4-13)22-18(23)17-12-21-11-14-10-20-9-7-16(14)17/h3-7,9-12H,1-2,8,19H2,(H,22,23). The summed E-state index contributed by atoms with van der Waals surface area (Å²) in [6, 6.07) is 9.66. The zero-order chi connectivity index (χ0) is 16.1. The topological polar surface area (TPSA) is 80.9 Å². The Morgan fingerprint density at radius 2 is 1.83 bits per heavy atom. The molecule has 1 amide bonds. The lowest BCUT2D eigenvalue weighted by Gasteiger charge is -2.08. The molecule has 116 valence electrons. The molecule has 3 rings (SSSR count). The molecule has 0 fully saturated rings. The fourth-order valence-corrected chi connectivity index (χ4v) is 2.46. The van der Waals surface area contributed by atoms with Gasteiger partial charge < -0.3 is 11.1 Å². The minimum absolute atomic E-state index is 0.177. The Hall–Kier alpha value is -2.79. The Kier molecular flexibility index (Phi) is 4.59. The van der Waals surface area contributed by atoms with Gasteiger partial charge in [0.05, 0.1) is 5.56 Å². The molecule has 0 bridgehead atoms. The summed E-state index contributed by atoms with van der Waals surface area (Å²) in [7, 11) is 0. The summed E-state index contributed by atoms with van der Waals surface area (Å²) >= 11 is 0. The van der Waals surface area contributed by atoms with E-state index in [0.717, 1.165) is 29.3 Å². The highest BCUT2D eigenvalue weighted by Crippen LogP contribution is 2.18. The number of aromatic nitrogens is 2. The molecule has 23 heavy (non-hydrogen) atoms. The van der Waals surface area contributed by atoms with Crippen LogP contribution < -0.4 is 11.1 Å². The zero-order valence-electron chi connectivity index (χ0n) is 12.7. The Morgan fingerprint density at radius 1 is 1.04 bits per heavy atom. The number of hydrogen-bond donors (Lipinski definition) is 2. The smallest absolute Gasteiger partial charge is 0.257 e. The third-order valence-electron chi connectivity index (χ3n) is 3.69. The number of nitrogens with zero attached hydrogens (tertiary/aromatic N) is 2. The van der Waals surface area contributed by atoms with E-state index in [1.807, 2.05) is 30.3 Å². The maximum Gasteiger partial charge on any atom is 0.257 e. The van der Waals surface area contributed by atoms with Gasteiger partial charge in [0.2, 0.25) is 0 Å². The Balaban J connectivity index is 1.78. The van der Waals surface area contributed by atoms with Crippen LogP contribution in [0.3, 0.4) is 0 Å². The maximum atomic E-state index is 12.5. The van der Waals surface area contributed by atoms with Gasteiger partial charge in [0.25, 0.3) is 5.91 Å². The second-order valence-corrected chi connectivity index (χ2v) is 5.33. The first kappa shape index (κ1) is 15.1. The summed E-state index contributed by atoms with van der Waals surface area (Å²) in [6.45, 7) is 0.682. The molecule has 2 heterocycles. The van der Waals surface area contributed by atoms with Crippen LogP contribution in [0.15, 0.2) is 55.1 Å². The van der Waals surface area contributed by atoms with E-state index in [-0.39, 0.29) is 5.91 Å². The predicted octanol–water partition coefficient (Wildman–Crippen LogP) is 2.77. The van der Waals surface area contributed by atoms with E-state index in [9.17, 15) is 4.79 Å². The summed E-state index contributed by atoms with van der Waals surface area (Å²) in [4.78, 5) is 20.7. The average molecular weight is 306 g/mol. The van der Waals surface area contributed by atoms with Gasteiger partial charge in [-0.05, 0) is 43.1 Å². The largest absolute Gasteiger partial charge is 0.330 e. The number of aryl methyl sites for hydroxylation is 1. The Morgan fingerprint density at radius 3 is 2.61 bits per heavy atom. The van der Waals surface area contributed by atoms with Crippen molar-refractivity contribution < 1.29 is 4.79 Å². The number of benzene rings is 1. The van der Waals surface area contributed by atoms with E-state index >= 15 is 0 Å². The summed E-state index contributed by atoms with van der Waals surface area (Å²) < 4.78 is 0. The molecule has 0 unspecified atom stereocenters. The lowest BCUT2D eigenvalue weighted by Crippen LogP contribution is -2.12. The van der Waals surface area contributed by atoms with Gasteiger partial charge in [-0.3, -0.25) is 14.8 Å². The van der Waals surface area contributed by atoms with Crippen LogP contribution >= 0.6 is 0 Å². The van der Waals surface area contributed by atoms with Crippen LogP contribution in [-0.2, 0) is 6.42 Å². The zero-order valence-corrected chi connectivity index (χ0v) is 12.7. The number of nitrogens with one attached hydrogen (secondary N) is 1. The third-order valence-corrected chi connectivity index (χ3v) is 3.69. The highest BCUT2D eigenvalue weighted by molar-refractivity contribution is 6.12. The average Bonchev–Trinajstić information content (AvgIpc) is 2.60. The Bertz CT molecular complexity index is 809. The molecule has 5 heteroatoms.